The summed E-state index contributed by atoms with van der Waals surface area (Å²) in [4.78, 5) is 9.62. The maximum absolute atomic E-state index is 5.83. The Morgan fingerprint density at radius 2 is 1.65 bits per heavy atom. The predicted octanol–water partition coefficient (Wildman–Crippen LogP) is 7.82. The van der Waals surface area contributed by atoms with Gasteiger partial charge in [-0.25, -0.2) is 4.98 Å². The van der Waals surface area contributed by atoms with E-state index in [0.717, 1.165) is 52.0 Å². The molecule has 2 aromatic carbocycles. The van der Waals surface area contributed by atoms with Crippen LogP contribution in [0.1, 0.15) is 32.3 Å². The monoisotopic (exact) mass is 447 g/mol. The van der Waals surface area contributed by atoms with Crippen LogP contribution in [0.15, 0.2) is 94.3 Å². The van der Waals surface area contributed by atoms with Gasteiger partial charge in [-0.05, 0) is 78.6 Å². The number of pyridine rings is 1. The fourth-order valence-corrected chi connectivity index (χ4v) is 6.15. The second-order valence-corrected chi connectivity index (χ2v) is 9.24. The number of hydrogen-bond acceptors (Lipinski definition) is 5. The summed E-state index contributed by atoms with van der Waals surface area (Å²) in [5, 5.41) is 2.18. The van der Waals surface area contributed by atoms with Crippen molar-refractivity contribution in [1.29, 1.82) is 0 Å². The third kappa shape index (κ3) is 2.31. The van der Waals surface area contributed by atoms with Gasteiger partial charge in [0.25, 0.3) is 0 Å². The van der Waals surface area contributed by atoms with E-state index in [-0.39, 0.29) is 11.6 Å². The van der Waals surface area contributed by atoms with E-state index < -0.39 is 0 Å². The molecule has 7 rings (SSSR count). The zero-order chi connectivity index (χ0) is 23.0. The van der Waals surface area contributed by atoms with Crippen molar-refractivity contribution < 1.29 is 8.83 Å². The van der Waals surface area contributed by atoms with Crippen LogP contribution in [-0.4, -0.2) is 11.1 Å². The van der Waals surface area contributed by atoms with E-state index in [0.29, 0.717) is 0 Å². The number of hydrogen-bond donors (Lipinski definition) is 0. The quantitative estimate of drug-likeness (QED) is 0.264. The molecular formula is C29H25N3O2. The van der Waals surface area contributed by atoms with Gasteiger partial charge in [-0.1, -0.05) is 20.4 Å². The number of fused-ring (bicyclic) bond motifs is 7. The molecule has 0 N–H and O–H groups in total. The van der Waals surface area contributed by atoms with E-state index in [4.69, 9.17) is 20.4 Å². The fourth-order valence-electron chi connectivity index (χ4n) is 6.15. The molecule has 5 heteroatoms. The molecule has 34 heavy (non-hydrogen) atoms. The average Bonchev–Trinajstić information content (AvgIpc) is 3.60. The highest BCUT2D eigenvalue weighted by molar-refractivity contribution is 5.95. The van der Waals surface area contributed by atoms with Gasteiger partial charge < -0.3 is 13.7 Å². The van der Waals surface area contributed by atoms with Crippen molar-refractivity contribution in [3.8, 4) is 0 Å². The smallest absolute Gasteiger partial charge is 0.159 e. The lowest BCUT2D eigenvalue weighted by Crippen LogP contribution is -2.50. The second-order valence-electron chi connectivity index (χ2n) is 9.24. The Balaban J connectivity index is 1.54. The highest BCUT2D eigenvalue weighted by Gasteiger charge is 2.52. The topological polar surface area (TPSA) is 45.7 Å². The number of furan rings is 2. The van der Waals surface area contributed by atoms with Crippen molar-refractivity contribution in [3.05, 3.63) is 91.0 Å². The van der Waals surface area contributed by atoms with E-state index in [1.54, 1.807) is 12.5 Å². The number of rotatable bonds is 3. The minimum absolute atomic E-state index is 0.0778. The SMILES string of the molecule is C=C1C2N(c3cc4ccoc4cc3C1(CC)CC)c1cccnc1N2c1ccc2occc2c1. The van der Waals surface area contributed by atoms with E-state index >= 15 is 0 Å². The molecule has 0 amide bonds. The van der Waals surface area contributed by atoms with Crippen LogP contribution >= 0.6 is 0 Å². The minimum atomic E-state index is -0.169. The molecule has 0 aliphatic carbocycles. The van der Waals surface area contributed by atoms with Gasteiger partial charge in [-0.3, -0.25) is 4.90 Å². The fraction of sp³-hybridized carbons (Fsp3) is 0.207. The van der Waals surface area contributed by atoms with Crippen LogP contribution in [0.3, 0.4) is 0 Å². The Bertz CT molecular complexity index is 1590. The molecule has 5 heterocycles. The van der Waals surface area contributed by atoms with Gasteiger partial charge in [-0.2, -0.15) is 0 Å². The van der Waals surface area contributed by atoms with Crippen LogP contribution in [0.25, 0.3) is 21.9 Å². The number of anilines is 4. The van der Waals surface area contributed by atoms with E-state index in [9.17, 15) is 0 Å². The molecule has 0 fully saturated rings. The summed E-state index contributed by atoms with van der Waals surface area (Å²) < 4.78 is 11.4. The van der Waals surface area contributed by atoms with Crippen molar-refractivity contribution >= 4 is 44.8 Å². The first kappa shape index (κ1) is 19.5. The molecule has 3 aromatic heterocycles. The largest absolute Gasteiger partial charge is 0.464 e. The zero-order valence-electron chi connectivity index (χ0n) is 19.3. The Hall–Kier alpha value is -3.99. The predicted molar refractivity (Wildman–Crippen MR) is 136 cm³/mol. The highest BCUT2D eigenvalue weighted by Crippen LogP contribution is 2.59. The first-order valence-corrected chi connectivity index (χ1v) is 11.9. The lowest BCUT2D eigenvalue weighted by atomic mass is 9.66. The lowest BCUT2D eigenvalue weighted by molar-refractivity contribution is 0.425. The van der Waals surface area contributed by atoms with Crippen molar-refractivity contribution in [2.45, 2.75) is 38.3 Å². The molecule has 0 saturated carbocycles. The maximum atomic E-state index is 5.83. The van der Waals surface area contributed by atoms with Crippen molar-refractivity contribution in [2.75, 3.05) is 9.80 Å². The summed E-state index contributed by atoms with van der Waals surface area (Å²) in [7, 11) is 0. The molecule has 1 atom stereocenters. The van der Waals surface area contributed by atoms with E-state index in [1.807, 2.05) is 30.5 Å². The Labute approximate surface area is 197 Å². The van der Waals surface area contributed by atoms with Crippen LogP contribution < -0.4 is 9.80 Å². The molecule has 5 nitrogen and oxygen atoms in total. The van der Waals surface area contributed by atoms with Crippen LogP contribution in [0, 0.1) is 0 Å². The first-order valence-electron chi connectivity index (χ1n) is 11.9. The second kappa shape index (κ2) is 6.76. The Morgan fingerprint density at radius 3 is 2.44 bits per heavy atom. The molecule has 0 saturated heterocycles. The van der Waals surface area contributed by atoms with Crippen molar-refractivity contribution in [1.82, 2.24) is 4.98 Å². The summed E-state index contributed by atoms with van der Waals surface area (Å²) in [6.45, 7) is 9.30. The van der Waals surface area contributed by atoms with Gasteiger partial charge in [0, 0.05) is 33.8 Å². The Kier molecular flexibility index (Phi) is 3.87. The van der Waals surface area contributed by atoms with Gasteiger partial charge in [-0.15, -0.1) is 0 Å². The maximum Gasteiger partial charge on any atom is 0.159 e. The van der Waals surface area contributed by atoms with Crippen LogP contribution in [0.4, 0.5) is 22.9 Å². The highest BCUT2D eigenvalue weighted by atomic mass is 16.3. The van der Waals surface area contributed by atoms with Crippen molar-refractivity contribution in [2.24, 2.45) is 0 Å². The molecular weight excluding hydrogens is 422 g/mol. The molecule has 5 aromatic rings. The van der Waals surface area contributed by atoms with Gasteiger partial charge in [0.1, 0.15) is 17.3 Å². The summed E-state index contributed by atoms with van der Waals surface area (Å²) in [5.74, 6) is 0.942. The number of nitrogens with zero attached hydrogens (tertiary/aromatic N) is 3. The molecule has 168 valence electrons. The lowest BCUT2D eigenvalue weighted by Gasteiger charge is -2.49. The van der Waals surface area contributed by atoms with Crippen LogP contribution in [-0.2, 0) is 5.41 Å². The summed E-state index contributed by atoms with van der Waals surface area (Å²) in [5.41, 5.74) is 7.47. The average molecular weight is 448 g/mol. The van der Waals surface area contributed by atoms with Crippen LogP contribution in [0.2, 0.25) is 0 Å². The Morgan fingerprint density at radius 1 is 0.882 bits per heavy atom. The normalized spacial score (nSPS) is 18.4. The molecule has 0 spiro atoms. The molecule has 0 bridgehead atoms. The third-order valence-corrected chi connectivity index (χ3v) is 7.94. The van der Waals surface area contributed by atoms with Gasteiger partial charge in [0.15, 0.2) is 5.82 Å². The number of benzene rings is 2. The molecule has 2 aliphatic heterocycles. The summed E-state index contributed by atoms with van der Waals surface area (Å²) in [6, 6.07) is 19.1. The summed E-state index contributed by atoms with van der Waals surface area (Å²) in [6.07, 6.45) is 7.23. The number of aromatic nitrogens is 1. The van der Waals surface area contributed by atoms with Gasteiger partial charge in [0.2, 0.25) is 0 Å². The summed E-state index contributed by atoms with van der Waals surface area (Å²) >= 11 is 0. The van der Waals surface area contributed by atoms with Crippen molar-refractivity contribution in [3.63, 3.8) is 0 Å². The molecule has 2 aliphatic rings. The standard InChI is InChI=1S/C29H25N3O2/c1-4-29(5-2)18(3)28-31(21-8-9-25-19(15-21)10-13-33-25)27-23(7-6-12-30-27)32(28)24-16-20-11-14-34-26(20)17-22(24)29/h6-17,28H,3-5H2,1-2H3. The van der Waals surface area contributed by atoms with E-state index in [1.165, 1.54) is 16.8 Å². The van der Waals surface area contributed by atoms with E-state index in [2.05, 4.69) is 54.0 Å². The van der Waals surface area contributed by atoms with Gasteiger partial charge >= 0.3 is 0 Å². The third-order valence-electron chi connectivity index (χ3n) is 7.94. The minimum Gasteiger partial charge on any atom is -0.464 e. The van der Waals surface area contributed by atoms with Crippen LogP contribution in [0.5, 0.6) is 0 Å². The molecule has 1 unspecified atom stereocenters. The van der Waals surface area contributed by atoms with Gasteiger partial charge in [0.05, 0.1) is 18.2 Å². The first-order chi connectivity index (χ1) is 16.7. The molecule has 0 radical (unpaired) electrons. The zero-order valence-corrected chi connectivity index (χ0v) is 19.3.